The maximum absolute atomic E-state index is 12.2. The van der Waals surface area contributed by atoms with Gasteiger partial charge in [0.1, 0.15) is 11.5 Å². The highest BCUT2D eigenvalue weighted by atomic mass is 16.5. The van der Waals surface area contributed by atoms with E-state index in [1.54, 1.807) is 25.3 Å². The summed E-state index contributed by atoms with van der Waals surface area (Å²) in [6.07, 6.45) is 2.51. The molecule has 1 aromatic carbocycles. The van der Waals surface area contributed by atoms with Crippen LogP contribution in [0.15, 0.2) is 18.2 Å². The molecular formula is C17H24N2O5. The first-order chi connectivity index (χ1) is 11.5. The molecule has 0 saturated heterocycles. The second kappa shape index (κ2) is 8.42. The number of methoxy groups -OCH3 is 1. The predicted molar refractivity (Wildman–Crippen MR) is 89.7 cm³/mol. The molecule has 1 fully saturated rings. The highest BCUT2D eigenvalue weighted by Crippen LogP contribution is 2.29. The van der Waals surface area contributed by atoms with Crippen molar-refractivity contribution in [1.29, 1.82) is 0 Å². The van der Waals surface area contributed by atoms with E-state index in [0.29, 0.717) is 49.5 Å². The van der Waals surface area contributed by atoms with Gasteiger partial charge in [-0.05, 0) is 44.7 Å². The van der Waals surface area contributed by atoms with E-state index in [2.05, 4.69) is 10.6 Å². The van der Waals surface area contributed by atoms with E-state index in [1.807, 2.05) is 6.92 Å². The molecule has 132 valence electrons. The number of amides is 2. The Kier molecular flexibility index (Phi) is 6.28. The molecule has 2 amide bonds. The normalized spacial score (nSPS) is 20.1. The van der Waals surface area contributed by atoms with E-state index in [9.17, 15) is 9.59 Å². The number of carbonyl (C=O) groups excluding carboxylic acids is 1. The van der Waals surface area contributed by atoms with E-state index in [0.717, 1.165) is 0 Å². The largest absolute Gasteiger partial charge is 0.497 e. The summed E-state index contributed by atoms with van der Waals surface area (Å²) in [6, 6.07) is 4.87. The predicted octanol–water partition coefficient (Wildman–Crippen LogP) is 2.86. The lowest BCUT2D eigenvalue weighted by atomic mass is 9.86. The van der Waals surface area contributed by atoms with Gasteiger partial charge < -0.3 is 25.2 Å². The van der Waals surface area contributed by atoms with Crippen LogP contribution in [-0.2, 0) is 4.79 Å². The molecule has 7 nitrogen and oxygen atoms in total. The van der Waals surface area contributed by atoms with Crippen molar-refractivity contribution in [1.82, 2.24) is 5.32 Å². The SMILES string of the molecule is CCOc1ccc(OC)cc1NC(=O)NC1CCC(C(=O)O)CC1. The lowest BCUT2D eigenvalue weighted by molar-refractivity contribution is -0.142. The molecule has 2 rings (SSSR count). The number of rotatable bonds is 6. The number of carbonyl (C=O) groups is 2. The number of aliphatic carboxylic acids is 1. The van der Waals surface area contributed by atoms with Crippen LogP contribution in [0.5, 0.6) is 11.5 Å². The lowest BCUT2D eigenvalue weighted by Crippen LogP contribution is -2.41. The van der Waals surface area contributed by atoms with Crippen molar-refractivity contribution in [3.8, 4) is 11.5 Å². The fourth-order valence-electron chi connectivity index (χ4n) is 2.84. The van der Waals surface area contributed by atoms with Crippen LogP contribution in [0.2, 0.25) is 0 Å². The molecule has 1 aliphatic rings. The summed E-state index contributed by atoms with van der Waals surface area (Å²) in [6.45, 7) is 2.36. The number of nitrogens with one attached hydrogen (secondary N) is 2. The van der Waals surface area contributed by atoms with Crippen molar-refractivity contribution >= 4 is 17.7 Å². The molecule has 0 heterocycles. The first-order valence-electron chi connectivity index (χ1n) is 8.14. The zero-order valence-corrected chi connectivity index (χ0v) is 14.0. The first kappa shape index (κ1) is 17.9. The van der Waals surface area contributed by atoms with E-state index < -0.39 is 5.97 Å². The number of anilines is 1. The van der Waals surface area contributed by atoms with Crippen molar-refractivity contribution in [2.45, 2.75) is 38.6 Å². The van der Waals surface area contributed by atoms with Crippen molar-refractivity contribution in [3.63, 3.8) is 0 Å². The van der Waals surface area contributed by atoms with Crippen LogP contribution in [0.4, 0.5) is 10.5 Å². The summed E-state index contributed by atoms with van der Waals surface area (Å²) in [5, 5.41) is 14.7. The lowest BCUT2D eigenvalue weighted by Gasteiger charge is -2.27. The minimum absolute atomic E-state index is 0.0123. The molecular weight excluding hydrogens is 312 g/mol. The second-order valence-electron chi connectivity index (χ2n) is 5.78. The van der Waals surface area contributed by atoms with Gasteiger partial charge in [0, 0.05) is 12.1 Å². The molecule has 0 spiro atoms. The Morgan fingerprint density at radius 3 is 2.54 bits per heavy atom. The van der Waals surface area contributed by atoms with Crippen LogP contribution in [0.25, 0.3) is 0 Å². The minimum atomic E-state index is -0.754. The van der Waals surface area contributed by atoms with Crippen LogP contribution in [0.1, 0.15) is 32.6 Å². The molecule has 0 aliphatic heterocycles. The van der Waals surface area contributed by atoms with Crippen LogP contribution in [0.3, 0.4) is 0 Å². The standard InChI is InChI=1S/C17H24N2O5/c1-3-24-15-9-8-13(23-2)10-14(15)19-17(22)18-12-6-4-11(5-7-12)16(20)21/h8-12H,3-7H2,1-2H3,(H,20,21)(H2,18,19,22). The molecule has 0 unspecified atom stereocenters. The maximum Gasteiger partial charge on any atom is 0.319 e. The molecule has 0 bridgehead atoms. The van der Waals surface area contributed by atoms with Crippen LogP contribution < -0.4 is 20.1 Å². The van der Waals surface area contributed by atoms with E-state index in [4.69, 9.17) is 14.6 Å². The number of hydrogen-bond donors (Lipinski definition) is 3. The summed E-state index contributed by atoms with van der Waals surface area (Å²) in [4.78, 5) is 23.2. The van der Waals surface area contributed by atoms with Crippen LogP contribution in [-0.4, -0.2) is 36.9 Å². The molecule has 1 aliphatic carbocycles. The topological polar surface area (TPSA) is 96.9 Å². The fourth-order valence-corrected chi connectivity index (χ4v) is 2.84. The van der Waals surface area contributed by atoms with E-state index in [-0.39, 0.29) is 18.0 Å². The summed E-state index contributed by atoms with van der Waals surface area (Å²) >= 11 is 0. The molecule has 1 aromatic rings. The summed E-state index contributed by atoms with van der Waals surface area (Å²) < 4.78 is 10.7. The first-order valence-corrected chi connectivity index (χ1v) is 8.14. The molecule has 24 heavy (non-hydrogen) atoms. The summed E-state index contributed by atoms with van der Waals surface area (Å²) in [7, 11) is 1.56. The number of carboxylic acid groups (broad SMARTS) is 1. The Bertz CT molecular complexity index is 582. The van der Waals surface area contributed by atoms with Gasteiger partial charge in [0.15, 0.2) is 0 Å². The van der Waals surface area contributed by atoms with Crippen molar-refractivity contribution in [2.75, 3.05) is 19.0 Å². The van der Waals surface area contributed by atoms with Gasteiger partial charge in [-0.3, -0.25) is 4.79 Å². The van der Waals surface area contributed by atoms with E-state index >= 15 is 0 Å². The Morgan fingerprint density at radius 1 is 1.25 bits per heavy atom. The average Bonchev–Trinajstić information content (AvgIpc) is 2.57. The Morgan fingerprint density at radius 2 is 1.96 bits per heavy atom. The van der Waals surface area contributed by atoms with Gasteiger partial charge in [0.2, 0.25) is 0 Å². The van der Waals surface area contributed by atoms with Gasteiger partial charge >= 0.3 is 12.0 Å². The number of carboxylic acids is 1. The fraction of sp³-hybridized carbons (Fsp3) is 0.529. The molecule has 0 radical (unpaired) electrons. The maximum atomic E-state index is 12.2. The Balaban J connectivity index is 1.93. The van der Waals surface area contributed by atoms with Gasteiger partial charge in [-0.15, -0.1) is 0 Å². The number of ether oxygens (including phenoxy) is 2. The number of benzene rings is 1. The van der Waals surface area contributed by atoms with Gasteiger partial charge in [-0.1, -0.05) is 0 Å². The van der Waals surface area contributed by atoms with Crippen molar-refractivity contribution in [2.24, 2.45) is 5.92 Å². The van der Waals surface area contributed by atoms with Crippen LogP contribution in [0, 0.1) is 5.92 Å². The third kappa shape index (κ3) is 4.78. The van der Waals surface area contributed by atoms with Gasteiger partial charge in [0.25, 0.3) is 0 Å². The summed E-state index contributed by atoms with van der Waals surface area (Å²) in [5.74, 6) is 0.142. The molecule has 7 heteroatoms. The highest BCUT2D eigenvalue weighted by Gasteiger charge is 2.26. The number of urea groups is 1. The van der Waals surface area contributed by atoms with Crippen LogP contribution >= 0.6 is 0 Å². The quantitative estimate of drug-likeness (QED) is 0.742. The second-order valence-corrected chi connectivity index (χ2v) is 5.78. The zero-order chi connectivity index (χ0) is 17.5. The highest BCUT2D eigenvalue weighted by molar-refractivity contribution is 5.91. The Hall–Kier alpha value is -2.44. The summed E-state index contributed by atoms with van der Waals surface area (Å²) in [5.41, 5.74) is 0.535. The molecule has 0 atom stereocenters. The third-order valence-electron chi connectivity index (χ3n) is 4.15. The van der Waals surface area contributed by atoms with E-state index in [1.165, 1.54) is 0 Å². The Labute approximate surface area is 141 Å². The minimum Gasteiger partial charge on any atom is -0.497 e. The molecule has 1 saturated carbocycles. The van der Waals surface area contributed by atoms with Crippen molar-refractivity contribution in [3.05, 3.63) is 18.2 Å². The van der Waals surface area contributed by atoms with Crippen molar-refractivity contribution < 1.29 is 24.2 Å². The zero-order valence-electron chi connectivity index (χ0n) is 14.0. The third-order valence-corrected chi connectivity index (χ3v) is 4.15. The van der Waals surface area contributed by atoms with Gasteiger partial charge in [-0.2, -0.15) is 0 Å². The van der Waals surface area contributed by atoms with Gasteiger partial charge in [0.05, 0.1) is 25.3 Å². The number of hydrogen-bond acceptors (Lipinski definition) is 4. The van der Waals surface area contributed by atoms with Gasteiger partial charge in [-0.25, -0.2) is 4.79 Å². The monoisotopic (exact) mass is 336 g/mol. The molecule has 0 aromatic heterocycles. The molecule has 3 N–H and O–H groups in total. The average molecular weight is 336 g/mol. The smallest absolute Gasteiger partial charge is 0.319 e.